The number of rotatable bonds is 3. The van der Waals surface area contributed by atoms with Crippen molar-refractivity contribution in [3.05, 3.63) is 46.2 Å². The van der Waals surface area contributed by atoms with Crippen LogP contribution in [-0.2, 0) is 0 Å². The minimum atomic E-state index is -0.956. The normalized spacial score (nSPS) is 14.4. The van der Waals surface area contributed by atoms with Crippen LogP contribution in [-0.4, -0.2) is 21.0 Å². The highest BCUT2D eigenvalue weighted by molar-refractivity contribution is 9.10. The van der Waals surface area contributed by atoms with Crippen molar-refractivity contribution in [2.75, 3.05) is 0 Å². The molecule has 19 heavy (non-hydrogen) atoms. The third-order valence-electron chi connectivity index (χ3n) is 3.10. The van der Waals surface area contributed by atoms with Gasteiger partial charge in [-0.15, -0.1) is 0 Å². The smallest absolute Gasteiger partial charge is 0.339 e. The summed E-state index contributed by atoms with van der Waals surface area (Å²) in [5, 5.41) is 9.16. The maximum absolute atomic E-state index is 11.2. The zero-order valence-electron chi connectivity index (χ0n) is 10.0. The van der Waals surface area contributed by atoms with Gasteiger partial charge < -0.3 is 5.11 Å². The van der Waals surface area contributed by atoms with Gasteiger partial charge in [-0.25, -0.2) is 14.8 Å². The molecule has 1 aliphatic carbocycles. The predicted molar refractivity (Wildman–Crippen MR) is 74.1 cm³/mol. The standard InChI is InChI=1S/C14H11BrN2O2/c15-10-3-1-2-9(6-10)13-16-7-11(14(18)19)12(17-13)8-4-5-8/h1-3,6-8H,4-5H2,(H,18,19). The van der Waals surface area contributed by atoms with Crippen LogP contribution in [0.4, 0.5) is 0 Å². The van der Waals surface area contributed by atoms with E-state index in [1.54, 1.807) is 0 Å². The minimum absolute atomic E-state index is 0.223. The first-order chi connectivity index (χ1) is 9.15. The topological polar surface area (TPSA) is 63.1 Å². The molecule has 5 heteroatoms. The lowest BCUT2D eigenvalue weighted by molar-refractivity contribution is 0.0694. The SMILES string of the molecule is O=C(O)c1cnc(-c2cccc(Br)c2)nc1C1CC1. The van der Waals surface area contributed by atoms with E-state index < -0.39 is 5.97 Å². The van der Waals surface area contributed by atoms with Crippen molar-refractivity contribution >= 4 is 21.9 Å². The van der Waals surface area contributed by atoms with Crippen LogP contribution in [0.2, 0.25) is 0 Å². The molecule has 1 aromatic heterocycles. The molecule has 1 aliphatic rings. The number of hydrogen-bond donors (Lipinski definition) is 1. The van der Waals surface area contributed by atoms with Crippen molar-refractivity contribution < 1.29 is 9.90 Å². The average Bonchev–Trinajstić information content (AvgIpc) is 3.22. The summed E-state index contributed by atoms with van der Waals surface area (Å²) in [5.74, 6) is -0.101. The zero-order chi connectivity index (χ0) is 13.4. The molecule has 1 aromatic carbocycles. The van der Waals surface area contributed by atoms with Crippen LogP contribution in [0, 0.1) is 0 Å². The molecule has 3 rings (SSSR count). The summed E-state index contributed by atoms with van der Waals surface area (Å²) in [5.41, 5.74) is 1.77. The second-order valence-electron chi connectivity index (χ2n) is 4.58. The molecule has 0 saturated heterocycles. The van der Waals surface area contributed by atoms with Gasteiger partial charge in [0.1, 0.15) is 0 Å². The van der Waals surface area contributed by atoms with Crippen LogP contribution in [0.1, 0.15) is 34.8 Å². The molecule has 1 fully saturated rings. The van der Waals surface area contributed by atoms with Gasteiger partial charge in [0.15, 0.2) is 5.82 Å². The van der Waals surface area contributed by atoms with E-state index in [1.165, 1.54) is 6.20 Å². The predicted octanol–water partition coefficient (Wildman–Crippen LogP) is 3.48. The molecular formula is C14H11BrN2O2. The first kappa shape index (κ1) is 12.3. The highest BCUT2D eigenvalue weighted by atomic mass is 79.9. The fourth-order valence-electron chi connectivity index (χ4n) is 1.99. The van der Waals surface area contributed by atoms with Gasteiger partial charge in [0.2, 0.25) is 0 Å². The van der Waals surface area contributed by atoms with Crippen LogP contribution in [0.25, 0.3) is 11.4 Å². The third-order valence-corrected chi connectivity index (χ3v) is 3.59. The number of carboxylic acid groups (broad SMARTS) is 1. The largest absolute Gasteiger partial charge is 0.478 e. The van der Waals surface area contributed by atoms with Gasteiger partial charge >= 0.3 is 5.97 Å². The van der Waals surface area contributed by atoms with E-state index in [0.29, 0.717) is 11.5 Å². The first-order valence-corrected chi connectivity index (χ1v) is 6.80. The fourth-order valence-corrected chi connectivity index (χ4v) is 2.39. The highest BCUT2D eigenvalue weighted by Gasteiger charge is 2.30. The monoisotopic (exact) mass is 318 g/mol. The summed E-state index contributed by atoms with van der Waals surface area (Å²) in [7, 11) is 0. The second kappa shape index (κ2) is 4.74. The zero-order valence-corrected chi connectivity index (χ0v) is 11.6. The van der Waals surface area contributed by atoms with Gasteiger partial charge in [0.05, 0.1) is 11.3 Å². The molecule has 0 atom stereocenters. The number of carbonyl (C=O) groups is 1. The number of carboxylic acids is 1. The Kier molecular flexibility index (Phi) is 3.06. The Hall–Kier alpha value is -1.75. The summed E-state index contributed by atoms with van der Waals surface area (Å²) in [6, 6.07) is 7.67. The molecule has 0 bridgehead atoms. The number of nitrogens with zero attached hydrogens (tertiary/aromatic N) is 2. The van der Waals surface area contributed by atoms with Crippen molar-refractivity contribution in [2.24, 2.45) is 0 Å². The minimum Gasteiger partial charge on any atom is -0.478 e. The number of benzene rings is 1. The molecule has 0 aliphatic heterocycles. The Labute approximate surface area is 118 Å². The van der Waals surface area contributed by atoms with Crippen molar-refractivity contribution in [2.45, 2.75) is 18.8 Å². The van der Waals surface area contributed by atoms with Crippen molar-refractivity contribution in [1.82, 2.24) is 9.97 Å². The van der Waals surface area contributed by atoms with Crippen LogP contribution in [0.15, 0.2) is 34.9 Å². The van der Waals surface area contributed by atoms with Gasteiger partial charge in [-0.3, -0.25) is 0 Å². The van der Waals surface area contributed by atoms with Gasteiger partial charge in [-0.05, 0) is 25.0 Å². The second-order valence-corrected chi connectivity index (χ2v) is 5.50. The molecule has 1 saturated carbocycles. The number of hydrogen-bond acceptors (Lipinski definition) is 3. The first-order valence-electron chi connectivity index (χ1n) is 6.01. The van der Waals surface area contributed by atoms with Crippen molar-refractivity contribution in [3.8, 4) is 11.4 Å². The Bertz CT molecular complexity index is 654. The van der Waals surface area contributed by atoms with Gasteiger partial charge in [0, 0.05) is 22.2 Å². The lowest BCUT2D eigenvalue weighted by Gasteiger charge is -2.06. The average molecular weight is 319 g/mol. The van der Waals surface area contributed by atoms with E-state index in [9.17, 15) is 4.79 Å². The summed E-state index contributed by atoms with van der Waals surface area (Å²) in [6.45, 7) is 0. The maximum Gasteiger partial charge on any atom is 0.339 e. The van der Waals surface area contributed by atoms with E-state index >= 15 is 0 Å². The third kappa shape index (κ3) is 2.51. The molecule has 0 spiro atoms. The van der Waals surface area contributed by atoms with Crippen LogP contribution < -0.4 is 0 Å². The van der Waals surface area contributed by atoms with Gasteiger partial charge in [-0.1, -0.05) is 28.1 Å². The summed E-state index contributed by atoms with van der Waals surface area (Å²) in [6.07, 6.45) is 3.43. The fraction of sp³-hybridized carbons (Fsp3) is 0.214. The van der Waals surface area contributed by atoms with Gasteiger partial charge in [-0.2, -0.15) is 0 Å². The molecule has 0 unspecified atom stereocenters. The molecular weight excluding hydrogens is 308 g/mol. The summed E-state index contributed by atoms with van der Waals surface area (Å²) < 4.78 is 0.948. The Balaban J connectivity index is 2.08. The molecule has 96 valence electrons. The van der Waals surface area contributed by atoms with E-state index in [-0.39, 0.29) is 11.5 Å². The summed E-state index contributed by atoms with van der Waals surface area (Å²) >= 11 is 3.41. The Morgan fingerprint density at radius 1 is 1.37 bits per heavy atom. The van der Waals surface area contributed by atoms with Crippen molar-refractivity contribution in [1.29, 1.82) is 0 Å². The maximum atomic E-state index is 11.2. The Morgan fingerprint density at radius 3 is 2.79 bits per heavy atom. The Morgan fingerprint density at radius 2 is 2.16 bits per heavy atom. The molecule has 4 nitrogen and oxygen atoms in total. The van der Waals surface area contributed by atoms with Crippen LogP contribution >= 0.6 is 15.9 Å². The van der Waals surface area contributed by atoms with E-state index in [0.717, 1.165) is 22.9 Å². The number of aromatic carboxylic acids is 1. The number of aromatic nitrogens is 2. The molecule has 1 heterocycles. The molecule has 0 radical (unpaired) electrons. The van der Waals surface area contributed by atoms with E-state index in [2.05, 4.69) is 25.9 Å². The molecule has 1 N–H and O–H groups in total. The van der Waals surface area contributed by atoms with E-state index in [4.69, 9.17) is 5.11 Å². The van der Waals surface area contributed by atoms with Crippen LogP contribution in [0.3, 0.4) is 0 Å². The molecule has 2 aromatic rings. The van der Waals surface area contributed by atoms with E-state index in [1.807, 2.05) is 24.3 Å². The quantitative estimate of drug-likeness (QED) is 0.941. The highest BCUT2D eigenvalue weighted by Crippen LogP contribution is 2.41. The van der Waals surface area contributed by atoms with Gasteiger partial charge in [0.25, 0.3) is 0 Å². The van der Waals surface area contributed by atoms with Crippen LogP contribution in [0.5, 0.6) is 0 Å². The lowest BCUT2D eigenvalue weighted by Crippen LogP contribution is -2.06. The van der Waals surface area contributed by atoms with Crippen molar-refractivity contribution in [3.63, 3.8) is 0 Å². The number of halogens is 1. The molecule has 0 amide bonds. The lowest BCUT2D eigenvalue weighted by atomic mass is 10.1. The summed E-state index contributed by atoms with van der Waals surface area (Å²) in [4.78, 5) is 19.8.